The van der Waals surface area contributed by atoms with E-state index in [9.17, 15) is 13.2 Å². The van der Waals surface area contributed by atoms with E-state index in [1.807, 2.05) is 6.92 Å². The summed E-state index contributed by atoms with van der Waals surface area (Å²) >= 11 is 1.41. The zero-order valence-corrected chi connectivity index (χ0v) is 16.3. The van der Waals surface area contributed by atoms with Crippen molar-refractivity contribution in [2.24, 2.45) is 5.73 Å². The molecule has 0 aliphatic carbocycles. The lowest BCUT2D eigenvalue weighted by atomic mass is 10.1. The van der Waals surface area contributed by atoms with E-state index < -0.39 is 10.0 Å². The molecule has 0 radical (unpaired) electrons. The van der Waals surface area contributed by atoms with Gasteiger partial charge in [-0.25, -0.2) is 18.1 Å². The first kappa shape index (κ1) is 21.5. The zero-order chi connectivity index (χ0) is 17.7. The van der Waals surface area contributed by atoms with Gasteiger partial charge in [-0.2, -0.15) is 0 Å². The van der Waals surface area contributed by atoms with Crippen molar-refractivity contribution in [3.8, 4) is 0 Å². The van der Waals surface area contributed by atoms with Crippen LogP contribution >= 0.6 is 23.7 Å². The van der Waals surface area contributed by atoms with E-state index in [0.717, 1.165) is 10.6 Å². The van der Waals surface area contributed by atoms with Crippen LogP contribution in [0, 0.1) is 0 Å². The van der Waals surface area contributed by atoms with Crippen molar-refractivity contribution in [2.45, 2.75) is 24.3 Å². The second kappa shape index (κ2) is 9.25. The highest BCUT2D eigenvalue weighted by Gasteiger charge is 2.16. The van der Waals surface area contributed by atoms with Crippen molar-refractivity contribution in [2.75, 3.05) is 13.6 Å². The molecule has 25 heavy (non-hydrogen) atoms. The summed E-state index contributed by atoms with van der Waals surface area (Å²) in [4.78, 5) is 16.6. The number of sulfonamides is 1. The first-order chi connectivity index (χ1) is 11.4. The first-order valence-electron chi connectivity index (χ1n) is 7.36. The number of benzene rings is 1. The second-order valence-corrected chi connectivity index (χ2v) is 7.97. The van der Waals surface area contributed by atoms with Crippen LogP contribution in [0.1, 0.15) is 34.0 Å². The summed E-state index contributed by atoms with van der Waals surface area (Å²) in [6.07, 6.45) is 0.648. The van der Waals surface area contributed by atoms with Gasteiger partial charge in [0.15, 0.2) is 0 Å². The Morgan fingerprint density at radius 1 is 1.32 bits per heavy atom. The third kappa shape index (κ3) is 5.48. The smallest absolute Gasteiger partial charge is 0.271 e. The molecule has 10 heteroatoms. The minimum absolute atomic E-state index is 0. The van der Waals surface area contributed by atoms with Gasteiger partial charge >= 0.3 is 0 Å². The SMILES string of the molecule is CNS(=O)(=O)c1ccc(C(C)NC(=O)c2csc(CCN)n2)cc1.Cl. The Labute approximate surface area is 157 Å². The van der Waals surface area contributed by atoms with E-state index in [4.69, 9.17) is 5.73 Å². The van der Waals surface area contributed by atoms with Crippen LogP contribution in [0.15, 0.2) is 34.5 Å². The molecule has 138 valence electrons. The maximum absolute atomic E-state index is 12.2. The van der Waals surface area contributed by atoms with Gasteiger partial charge in [0, 0.05) is 11.8 Å². The number of nitrogens with zero attached hydrogens (tertiary/aromatic N) is 1. The van der Waals surface area contributed by atoms with Crippen LogP contribution in [-0.4, -0.2) is 32.9 Å². The summed E-state index contributed by atoms with van der Waals surface area (Å²) in [5.41, 5.74) is 6.64. The summed E-state index contributed by atoms with van der Waals surface area (Å²) < 4.78 is 25.7. The van der Waals surface area contributed by atoms with Crippen molar-refractivity contribution >= 4 is 39.7 Å². The van der Waals surface area contributed by atoms with Crippen LogP contribution in [0.2, 0.25) is 0 Å². The van der Waals surface area contributed by atoms with Gasteiger partial charge in [0.2, 0.25) is 10.0 Å². The van der Waals surface area contributed by atoms with Gasteiger partial charge in [0.05, 0.1) is 15.9 Å². The Morgan fingerprint density at radius 2 is 1.96 bits per heavy atom. The highest BCUT2D eigenvalue weighted by Crippen LogP contribution is 2.17. The van der Waals surface area contributed by atoms with Crippen molar-refractivity contribution in [3.05, 3.63) is 45.9 Å². The van der Waals surface area contributed by atoms with Crippen LogP contribution in [0.3, 0.4) is 0 Å². The molecule has 2 aromatic rings. The molecule has 0 saturated carbocycles. The number of hydrogen-bond acceptors (Lipinski definition) is 6. The molecule has 2 rings (SSSR count). The Balaban J connectivity index is 0.00000312. The third-order valence-electron chi connectivity index (χ3n) is 3.45. The van der Waals surface area contributed by atoms with Crippen molar-refractivity contribution in [1.82, 2.24) is 15.0 Å². The molecule has 1 aromatic carbocycles. The fourth-order valence-corrected chi connectivity index (χ4v) is 3.59. The quantitative estimate of drug-likeness (QED) is 0.646. The van der Waals surface area contributed by atoms with Crippen molar-refractivity contribution in [1.29, 1.82) is 0 Å². The summed E-state index contributed by atoms with van der Waals surface area (Å²) in [6, 6.07) is 6.09. The van der Waals surface area contributed by atoms with Crippen LogP contribution in [0.25, 0.3) is 0 Å². The Bertz CT molecular complexity index is 806. The minimum Gasteiger partial charge on any atom is -0.344 e. The van der Waals surface area contributed by atoms with E-state index in [2.05, 4.69) is 15.0 Å². The Hall–Kier alpha value is -1.52. The molecule has 1 amide bonds. The van der Waals surface area contributed by atoms with E-state index in [1.54, 1.807) is 17.5 Å². The van der Waals surface area contributed by atoms with E-state index >= 15 is 0 Å². The fourth-order valence-electron chi connectivity index (χ4n) is 2.06. The number of rotatable bonds is 7. The summed E-state index contributed by atoms with van der Waals surface area (Å²) in [5.74, 6) is -0.269. The third-order valence-corrected chi connectivity index (χ3v) is 5.79. The molecule has 0 aliphatic heterocycles. The predicted octanol–water partition coefficient (Wildman–Crippen LogP) is 1.47. The molecule has 4 N–H and O–H groups in total. The maximum atomic E-state index is 12.2. The molecular formula is C15H21ClN4O3S2. The lowest BCUT2D eigenvalue weighted by Gasteiger charge is -2.14. The molecule has 0 aliphatic rings. The predicted molar refractivity (Wildman–Crippen MR) is 101 cm³/mol. The average Bonchev–Trinajstić information content (AvgIpc) is 3.04. The Morgan fingerprint density at radius 3 is 2.52 bits per heavy atom. The molecule has 0 saturated heterocycles. The molecule has 7 nitrogen and oxygen atoms in total. The molecule has 0 spiro atoms. The van der Waals surface area contributed by atoms with Gasteiger partial charge in [-0.05, 0) is 38.2 Å². The number of hydrogen-bond donors (Lipinski definition) is 3. The van der Waals surface area contributed by atoms with Crippen molar-refractivity contribution < 1.29 is 13.2 Å². The van der Waals surface area contributed by atoms with Crippen LogP contribution < -0.4 is 15.8 Å². The second-order valence-electron chi connectivity index (χ2n) is 5.14. The first-order valence-corrected chi connectivity index (χ1v) is 9.72. The maximum Gasteiger partial charge on any atom is 0.271 e. The topological polar surface area (TPSA) is 114 Å². The standard InChI is InChI=1S/C15H20N4O3S2.ClH/c1-10(11-3-5-12(6-4-11)24(21,22)17-2)18-15(20)13-9-23-14(19-13)7-8-16;/h3-6,9-10,17H,7-8,16H2,1-2H3,(H,18,20);1H. The van der Waals surface area contributed by atoms with Gasteiger partial charge in [-0.3, -0.25) is 4.79 Å². The van der Waals surface area contributed by atoms with Gasteiger partial charge in [-0.1, -0.05) is 12.1 Å². The zero-order valence-electron chi connectivity index (χ0n) is 13.9. The summed E-state index contributed by atoms with van der Waals surface area (Å²) in [7, 11) is -2.11. The molecule has 1 unspecified atom stereocenters. The van der Waals surface area contributed by atoms with E-state index in [0.29, 0.717) is 18.7 Å². The normalized spacial score (nSPS) is 12.3. The number of aromatic nitrogens is 1. The number of carbonyl (C=O) groups excluding carboxylic acids is 1. The summed E-state index contributed by atoms with van der Waals surface area (Å²) in [5, 5.41) is 5.38. The monoisotopic (exact) mass is 404 g/mol. The molecule has 1 heterocycles. The van der Waals surface area contributed by atoms with Gasteiger partial charge in [-0.15, -0.1) is 23.7 Å². The number of halogens is 1. The lowest BCUT2D eigenvalue weighted by Crippen LogP contribution is -2.27. The molecule has 0 fully saturated rings. The van der Waals surface area contributed by atoms with Crippen LogP contribution in [0.4, 0.5) is 0 Å². The van der Waals surface area contributed by atoms with Crippen LogP contribution in [-0.2, 0) is 16.4 Å². The number of nitrogens with two attached hydrogens (primary N) is 1. The largest absolute Gasteiger partial charge is 0.344 e. The van der Waals surface area contributed by atoms with Gasteiger partial charge < -0.3 is 11.1 Å². The number of amides is 1. The van der Waals surface area contributed by atoms with E-state index in [-0.39, 0.29) is 29.3 Å². The number of carbonyl (C=O) groups is 1. The van der Waals surface area contributed by atoms with Gasteiger partial charge in [0.25, 0.3) is 5.91 Å². The highest BCUT2D eigenvalue weighted by molar-refractivity contribution is 7.89. The lowest BCUT2D eigenvalue weighted by molar-refractivity contribution is 0.0935. The number of thiazole rings is 1. The fraction of sp³-hybridized carbons (Fsp3) is 0.333. The molecule has 0 bridgehead atoms. The Kier molecular flexibility index (Phi) is 7.97. The highest BCUT2D eigenvalue weighted by atomic mass is 35.5. The molecule has 1 aromatic heterocycles. The molecule has 1 atom stereocenters. The number of nitrogens with one attached hydrogen (secondary N) is 2. The summed E-state index contributed by atoms with van der Waals surface area (Å²) in [6.45, 7) is 2.32. The van der Waals surface area contributed by atoms with E-state index in [1.165, 1.54) is 30.5 Å². The average molecular weight is 405 g/mol. The minimum atomic E-state index is -3.47. The van der Waals surface area contributed by atoms with Crippen molar-refractivity contribution in [3.63, 3.8) is 0 Å². The molecular weight excluding hydrogens is 384 g/mol. The van der Waals surface area contributed by atoms with Gasteiger partial charge in [0.1, 0.15) is 5.69 Å². The van der Waals surface area contributed by atoms with Crippen LogP contribution in [0.5, 0.6) is 0 Å².